The third-order valence-corrected chi connectivity index (χ3v) is 9.81. The Bertz CT molecular complexity index is 2640. The highest BCUT2D eigenvalue weighted by Gasteiger charge is 2.33. The Morgan fingerprint density at radius 2 is 0.920 bits per heavy atom. The van der Waals surface area contributed by atoms with Gasteiger partial charge in [-0.3, -0.25) is 0 Å². The summed E-state index contributed by atoms with van der Waals surface area (Å²) in [6.07, 6.45) is 0. The summed E-state index contributed by atoms with van der Waals surface area (Å²) < 4.78 is 6.63. The number of furan rings is 1. The van der Waals surface area contributed by atoms with Crippen molar-refractivity contribution in [3.8, 4) is 56.4 Å². The molecule has 7 aromatic carbocycles. The maximum atomic E-state index is 6.63. The van der Waals surface area contributed by atoms with Gasteiger partial charge in [-0.25, -0.2) is 15.0 Å². The predicted molar refractivity (Wildman–Crippen MR) is 202 cm³/mol. The van der Waals surface area contributed by atoms with Crippen LogP contribution in [0.4, 0.5) is 0 Å². The second-order valence-electron chi connectivity index (χ2n) is 12.8. The molecule has 0 saturated heterocycles. The second kappa shape index (κ2) is 11.5. The summed E-state index contributed by atoms with van der Waals surface area (Å²) in [4.78, 5) is 15.1. The molecule has 0 radical (unpaired) electrons. The summed E-state index contributed by atoms with van der Waals surface area (Å²) in [5, 5.41) is 2.21. The molecule has 4 heteroatoms. The van der Waals surface area contributed by atoms with Gasteiger partial charge in [-0.05, 0) is 63.2 Å². The van der Waals surface area contributed by atoms with Crippen LogP contribution in [0.2, 0.25) is 0 Å². The van der Waals surface area contributed by atoms with E-state index >= 15 is 0 Å². The number of aromatic nitrogens is 3. The fraction of sp³-hybridized carbons (Fsp3) is 0.0217. The van der Waals surface area contributed by atoms with Crippen molar-refractivity contribution in [2.75, 3.05) is 0 Å². The zero-order valence-electron chi connectivity index (χ0n) is 27.0. The van der Waals surface area contributed by atoms with Crippen molar-refractivity contribution in [2.24, 2.45) is 0 Å². The molecular formula is C46H29N3O. The Balaban J connectivity index is 1.24. The van der Waals surface area contributed by atoms with Crippen LogP contribution in [0.1, 0.15) is 22.6 Å². The molecule has 0 N–H and O–H groups in total. The van der Waals surface area contributed by atoms with E-state index < -0.39 is 0 Å². The van der Waals surface area contributed by atoms with E-state index in [4.69, 9.17) is 19.4 Å². The van der Waals surface area contributed by atoms with Crippen LogP contribution in [0, 0.1) is 0 Å². The summed E-state index contributed by atoms with van der Waals surface area (Å²) in [6, 6.07) is 59.2. The highest BCUT2D eigenvalue weighted by molar-refractivity contribution is 6.09. The van der Waals surface area contributed by atoms with Crippen LogP contribution in [-0.4, -0.2) is 15.0 Å². The lowest BCUT2D eigenvalue weighted by Gasteiger charge is -2.18. The largest absolute Gasteiger partial charge is 0.456 e. The standard InChI is InChI=1S/C46H29N3O/c1-4-14-29(15-5-1)32-24-25-36-38(26-32)34-20-10-11-21-35(34)42(36)39-27-33(28-41-43(39)37-22-12-13-23-40(37)50-41)46-48-44(30-16-6-2-7-17-30)47-45(49-46)31-18-8-3-9-19-31/h1-28,42H. The molecule has 0 aliphatic heterocycles. The first-order chi connectivity index (χ1) is 24.8. The maximum Gasteiger partial charge on any atom is 0.164 e. The fourth-order valence-corrected chi connectivity index (χ4v) is 7.53. The first-order valence-electron chi connectivity index (χ1n) is 16.9. The molecule has 0 spiro atoms. The van der Waals surface area contributed by atoms with E-state index in [2.05, 4.69) is 97.1 Å². The average molecular weight is 640 g/mol. The van der Waals surface area contributed by atoms with E-state index in [1.165, 1.54) is 38.9 Å². The van der Waals surface area contributed by atoms with Crippen molar-refractivity contribution in [3.63, 3.8) is 0 Å². The molecule has 4 nitrogen and oxygen atoms in total. The number of fused-ring (bicyclic) bond motifs is 6. The lowest BCUT2D eigenvalue weighted by atomic mass is 9.85. The monoisotopic (exact) mass is 639 g/mol. The summed E-state index contributed by atoms with van der Waals surface area (Å²) in [7, 11) is 0. The topological polar surface area (TPSA) is 51.8 Å². The second-order valence-corrected chi connectivity index (χ2v) is 12.8. The zero-order chi connectivity index (χ0) is 33.0. The molecule has 0 saturated carbocycles. The Kier molecular flexibility index (Phi) is 6.53. The number of hydrogen-bond donors (Lipinski definition) is 0. The molecular weight excluding hydrogens is 611 g/mol. The number of para-hydroxylation sites is 1. The molecule has 0 fully saturated rings. The normalized spacial score (nSPS) is 13.4. The molecule has 234 valence electrons. The first kappa shape index (κ1) is 28.4. The van der Waals surface area contributed by atoms with Gasteiger partial charge in [0.05, 0.1) is 0 Å². The third-order valence-electron chi connectivity index (χ3n) is 9.81. The van der Waals surface area contributed by atoms with Crippen molar-refractivity contribution in [3.05, 3.63) is 187 Å². The van der Waals surface area contributed by atoms with Crippen molar-refractivity contribution in [1.29, 1.82) is 0 Å². The minimum Gasteiger partial charge on any atom is -0.456 e. The predicted octanol–water partition coefficient (Wildman–Crippen LogP) is 11.6. The van der Waals surface area contributed by atoms with Crippen LogP contribution in [-0.2, 0) is 0 Å². The summed E-state index contributed by atoms with van der Waals surface area (Å²) >= 11 is 0. The van der Waals surface area contributed by atoms with Gasteiger partial charge in [0, 0.05) is 33.4 Å². The quantitative estimate of drug-likeness (QED) is 0.188. The molecule has 50 heavy (non-hydrogen) atoms. The Morgan fingerprint density at radius 3 is 1.62 bits per heavy atom. The van der Waals surface area contributed by atoms with E-state index in [9.17, 15) is 0 Å². The van der Waals surface area contributed by atoms with Crippen LogP contribution in [0.15, 0.2) is 174 Å². The molecule has 2 heterocycles. The highest BCUT2D eigenvalue weighted by atomic mass is 16.3. The summed E-state index contributed by atoms with van der Waals surface area (Å²) in [5.74, 6) is 1.85. The van der Waals surface area contributed by atoms with Crippen molar-refractivity contribution < 1.29 is 4.42 Å². The number of nitrogens with zero attached hydrogens (tertiary/aromatic N) is 3. The van der Waals surface area contributed by atoms with Crippen molar-refractivity contribution in [1.82, 2.24) is 15.0 Å². The van der Waals surface area contributed by atoms with Gasteiger partial charge in [0.2, 0.25) is 0 Å². The van der Waals surface area contributed by atoms with Gasteiger partial charge in [0.25, 0.3) is 0 Å². The van der Waals surface area contributed by atoms with Crippen LogP contribution in [0.25, 0.3) is 78.4 Å². The number of hydrogen-bond acceptors (Lipinski definition) is 4. The molecule has 1 unspecified atom stereocenters. The first-order valence-corrected chi connectivity index (χ1v) is 16.9. The van der Waals surface area contributed by atoms with Gasteiger partial charge in [-0.2, -0.15) is 0 Å². The van der Waals surface area contributed by atoms with Gasteiger partial charge in [-0.1, -0.05) is 146 Å². The van der Waals surface area contributed by atoms with Crippen LogP contribution in [0.3, 0.4) is 0 Å². The molecule has 9 aromatic rings. The Morgan fingerprint density at radius 1 is 0.360 bits per heavy atom. The fourth-order valence-electron chi connectivity index (χ4n) is 7.53. The van der Waals surface area contributed by atoms with E-state index in [0.29, 0.717) is 17.5 Å². The van der Waals surface area contributed by atoms with Crippen molar-refractivity contribution in [2.45, 2.75) is 5.92 Å². The van der Waals surface area contributed by atoms with Gasteiger partial charge < -0.3 is 4.42 Å². The summed E-state index contributed by atoms with van der Waals surface area (Å²) in [5.41, 5.74) is 13.1. The Labute approximate surface area is 289 Å². The number of rotatable bonds is 5. The van der Waals surface area contributed by atoms with E-state index in [1.807, 2.05) is 72.8 Å². The van der Waals surface area contributed by atoms with Gasteiger partial charge >= 0.3 is 0 Å². The molecule has 0 amide bonds. The van der Waals surface area contributed by atoms with Gasteiger partial charge in [0.1, 0.15) is 11.2 Å². The minimum atomic E-state index is -0.0153. The van der Waals surface area contributed by atoms with Crippen LogP contribution < -0.4 is 0 Å². The molecule has 1 aliphatic rings. The van der Waals surface area contributed by atoms with E-state index in [0.717, 1.165) is 38.6 Å². The SMILES string of the molecule is c1ccc(-c2ccc3c(c2)-c2ccccc2C3c2cc(-c3nc(-c4ccccc4)nc(-c4ccccc4)n3)cc3oc4ccccc4c23)cc1. The number of benzene rings is 7. The van der Waals surface area contributed by atoms with Gasteiger partial charge in [0.15, 0.2) is 17.5 Å². The molecule has 2 aromatic heterocycles. The lowest BCUT2D eigenvalue weighted by Crippen LogP contribution is -2.03. The molecule has 1 atom stereocenters. The van der Waals surface area contributed by atoms with Crippen LogP contribution >= 0.6 is 0 Å². The highest BCUT2D eigenvalue weighted by Crippen LogP contribution is 2.52. The molecule has 1 aliphatic carbocycles. The smallest absolute Gasteiger partial charge is 0.164 e. The van der Waals surface area contributed by atoms with Crippen molar-refractivity contribution >= 4 is 21.9 Å². The van der Waals surface area contributed by atoms with E-state index in [1.54, 1.807) is 0 Å². The summed E-state index contributed by atoms with van der Waals surface area (Å²) in [6.45, 7) is 0. The van der Waals surface area contributed by atoms with Crippen LogP contribution in [0.5, 0.6) is 0 Å². The Hall–Kier alpha value is -6.65. The van der Waals surface area contributed by atoms with E-state index in [-0.39, 0.29) is 5.92 Å². The average Bonchev–Trinajstić information content (AvgIpc) is 3.74. The minimum absolute atomic E-state index is 0.0153. The van der Waals surface area contributed by atoms with Gasteiger partial charge in [-0.15, -0.1) is 0 Å². The molecule has 10 rings (SSSR count). The molecule has 0 bridgehead atoms. The maximum absolute atomic E-state index is 6.63. The lowest BCUT2D eigenvalue weighted by molar-refractivity contribution is 0.668. The zero-order valence-corrected chi connectivity index (χ0v) is 27.0. The third kappa shape index (κ3) is 4.65.